The minimum Gasteiger partial charge on any atom is -0.475 e. The highest BCUT2D eigenvalue weighted by Gasteiger charge is 2.15. The largest absolute Gasteiger partial charge is 0.475 e. The second-order valence-electron chi connectivity index (χ2n) is 3.86. The summed E-state index contributed by atoms with van der Waals surface area (Å²) in [5.74, 6) is -0.654. The van der Waals surface area contributed by atoms with Gasteiger partial charge in [-0.25, -0.2) is 14.5 Å². The number of carboxylic acids is 1. The molecule has 94 valence electrons. The zero-order valence-corrected chi connectivity index (χ0v) is 11.6. The molecule has 5 nitrogen and oxygen atoms in total. The van der Waals surface area contributed by atoms with Crippen molar-refractivity contribution in [3.8, 4) is 5.69 Å². The number of hydrogen-bond acceptors (Lipinski definition) is 3. The van der Waals surface area contributed by atoms with E-state index in [1.807, 2.05) is 32.0 Å². The molecule has 0 aliphatic carbocycles. The SMILES string of the molecule is CCc1nc(C(=O)O)nn1-c1ccc(Br)c(C)c1. The standard InChI is InChI=1S/C12H12BrN3O2/c1-3-10-14-11(12(17)18)15-16(10)8-4-5-9(13)7(2)6-8/h4-6H,3H2,1-2H3,(H,17,18). The molecule has 0 amide bonds. The van der Waals surface area contributed by atoms with E-state index < -0.39 is 5.97 Å². The quantitative estimate of drug-likeness (QED) is 0.946. The number of aromatic carboxylic acids is 1. The van der Waals surface area contributed by atoms with Crippen LogP contribution in [0.25, 0.3) is 5.69 Å². The molecule has 2 rings (SSSR count). The summed E-state index contributed by atoms with van der Waals surface area (Å²) in [6, 6.07) is 5.71. The van der Waals surface area contributed by atoms with Crippen molar-refractivity contribution in [2.24, 2.45) is 0 Å². The zero-order valence-electron chi connectivity index (χ0n) is 10.0. The Hall–Kier alpha value is -1.69. The molecular weight excluding hydrogens is 298 g/mol. The molecular formula is C12H12BrN3O2. The summed E-state index contributed by atoms with van der Waals surface area (Å²) < 4.78 is 2.57. The first-order valence-corrected chi connectivity index (χ1v) is 6.28. The zero-order chi connectivity index (χ0) is 13.3. The maximum atomic E-state index is 10.9. The fourth-order valence-corrected chi connectivity index (χ4v) is 1.88. The Kier molecular flexibility index (Phi) is 3.47. The van der Waals surface area contributed by atoms with Gasteiger partial charge in [-0.3, -0.25) is 0 Å². The van der Waals surface area contributed by atoms with Crippen molar-refractivity contribution in [1.29, 1.82) is 0 Å². The summed E-state index contributed by atoms with van der Waals surface area (Å²) in [7, 11) is 0. The summed E-state index contributed by atoms with van der Waals surface area (Å²) in [5, 5.41) is 12.9. The van der Waals surface area contributed by atoms with E-state index in [2.05, 4.69) is 26.0 Å². The van der Waals surface area contributed by atoms with E-state index >= 15 is 0 Å². The van der Waals surface area contributed by atoms with Crippen molar-refractivity contribution in [3.05, 3.63) is 39.9 Å². The van der Waals surface area contributed by atoms with E-state index in [9.17, 15) is 4.79 Å². The minimum atomic E-state index is -1.11. The Morgan fingerprint density at radius 1 is 1.50 bits per heavy atom. The van der Waals surface area contributed by atoms with Gasteiger partial charge in [-0.1, -0.05) is 22.9 Å². The molecule has 0 radical (unpaired) electrons. The summed E-state index contributed by atoms with van der Waals surface area (Å²) in [5.41, 5.74) is 1.87. The smallest absolute Gasteiger partial charge is 0.375 e. The maximum absolute atomic E-state index is 10.9. The Morgan fingerprint density at radius 3 is 2.78 bits per heavy atom. The molecule has 0 aliphatic rings. The van der Waals surface area contributed by atoms with Gasteiger partial charge in [0, 0.05) is 10.9 Å². The van der Waals surface area contributed by atoms with Crippen molar-refractivity contribution >= 4 is 21.9 Å². The van der Waals surface area contributed by atoms with Crippen LogP contribution in [0.3, 0.4) is 0 Å². The normalized spacial score (nSPS) is 10.6. The molecule has 1 aromatic heterocycles. The van der Waals surface area contributed by atoms with Gasteiger partial charge in [0.05, 0.1) is 5.69 Å². The van der Waals surface area contributed by atoms with Crippen LogP contribution >= 0.6 is 15.9 Å². The highest BCUT2D eigenvalue weighted by atomic mass is 79.9. The van der Waals surface area contributed by atoms with E-state index in [-0.39, 0.29) is 5.82 Å². The first kappa shape index (κ1) is 12.8. The van der Waals surface area contributed by atoms with Gasteiger partial charge in [-0.05, 0) is 30.7 Å². The summed E-state index contributed by atoms with van der Waals surface area (Å²) in [6.45, 7) is 3.88. The maximum Gasteiger partial charge on any atom is 0.375 e. The van der Waals surface area contributed by atoms with Gasteiger partial charge < -0.3 is 5.11 Å². The van der Waals surface area contributed by atoms with Gasteiger partial charge in [0.2, 0.25) is 0 Å². The highest BCUT2D eigenvalue weighted by molar-refractivity contribution is 9.10. The lowest BCUT2D eigenvalue weighted by atomic mass is 10.2. The predicted octanol–water partition coefficient (Wildman–Crippen LogP) is 2.60. The molecule has 0 atom stereocenters. The third-order valence-corrected chi connectivity index (χ3v) is 3.46. The molecule has 1 aromatic carbocycles. The lowest BCUT2D eigenvalue weighted by Crippen LogP contribution is -2.03. The van der Waals surface area contributed by atoms with Crippen molar-refractivity contribution < 1.29 is 9.90 Å². The average molecular weight is 310 g/mol. The van der Waals surface area contributed by atoms with Crippen molar-refractivity contribution in [3.63, 3.8) is 0 Å². The van der Waals surface area contributed by atoms with Crippen molar-refractivity contribution in [2.45, 2.75) is 20.3 Å². The number of nitrogens with zero attached hydrogens (tertiary/aromatic N) is 3. The lowest BCUT2D eigenvalue weighted by molar-refractivity contribution is 0.0683. The molecule has 2 aromatic rings. The van der Waals surface area contributed by atoms with Crippen LogP contribution in [-0.4, -0.2) is 25.8 Å². The Morgan fingerprint density at radius 2 is 2.22 bits per heavy atom. The van der Waals surface area contributed by atoms with Gasteiger partial charge in [-0.2, -0.15) is 0 Å². The number of carbonyl (C=O) groups is 1. The molecule has 0 bridgehead atoms. The Labute approximate surface area is 113 Å². The highest BCUT2D eigenvalue weighted by Crippen LogP contribution is 2.20. The molecule has 0 saturated heterocycles. The number of halogens is 1. The van der Waals surface area contributed by atoms with Crippen molar-refractivity contribution in [1.82, 2.24) is 14.8 Å². The summed E-state index contributed by atoms with van der Waals surface area (Å²) in [6.07, 6.45) is 0.620. The number of aromatic nitrogens is 3. The number of carboxylic acid groups (broad SMARTS) is 1. The van der Waals surface area contributed by atoms with Gasteiger partial charge in [0.25, 0.3) is 5.82 Å². The molecule has 1 heterocycles. The third-order valence-electron chi connectivity index (χ3n) is 2.57. The molecule has 6 heteroatoms. The fourth-order valence-electron chi connectivity index (χ4n) is 1.63. The number of aryl methyl sites for hydroxylation is 2. The van der Waals surface area contributed by atoms with E-state index in [1.54, 1.807) is 4.68 Å². The second kappa shape index (κ2) is 4.89. The third kappa shape index (κ3) is 2.28. The monoisotopic (exact) mass is 309 g/mol. The van der Waals surface area contributed by atoms with Gasteiger partial charge in [-0.15, -0.1) is 5.10 Å². The molecule has 0 aliphatic heterocycles. The predicted molar refractivity (Wildman–Crippen MR) is 70.1 cm³/mol. The van der Waals surface area contributed by atoms with Crippen LogP contribution in [0, 0.1) is 6.92 Å². The number of benzene rings is 1. The van der Waals surface area contributed by atoms with Crippen LogP contribution in [0.2, 0.25) is 0 Å². The molecule has 0 spiro atoms. The van der Waals surface area contributed by atoms with E-state index in [0.29, 0.717) is 12.2 Å². The average Bonchev–Trinajstić information content (AvgIpc) is 2.77. The molecule has 18 heavy (non-hydrogen) atoms. The lowest BCUT2D eigenvalue weighted by Gasteiger charge is -2.06. The molecule has 0 unspecified atom stereocenters. The van der Waals surface area contributed by atoms with E-state index in [0.717, 1.165) is 15.7 Å². The van der Waals surface area contributed by atoms with Gasteiger partial charge in [0.15, 0.2) is 0 Å². The topological polar surface area (TPSA) is 68.0 Å². The molecule has 1 N–H and O–H groups in total. The van der Waals surface area contributed by atoms with Crippen LogP contribution in [0.5, 0.6) is 0 Å². The van der Waals surface area contributed by atoms with E-state index in [4.69, 9.17) is 5.11 Å². The minimum absolute atomic E-state index is 0.174. The van der Waals surface area contributed by atoms with Crippen LogP contribution in [0.4, 0.5) is 0 Å². The van der Waals surface area contributed by atoms with Crippen LogP contribution in [0.15, 0.2) is 22.7 Å². The Balaban J connectivity index is 2.55. The van der Waals surface area contributed by atoms with Crippen LogP contribution < -0.4 is 0 Å². The van der Waals surface area contributed by atoms with Gasteiger partial charge >= 0.3 is 5.97 Å². The fraction of sp³-hybridized carbons (Fsp3) is 0.250. The van der Waals surface area contributed by atoms with Crippen LogP contribution in [0.1, 0.15) is 28.9 Å². The Bertz CT molecular complexity index is 607. The molecule has 0 saturated carbocycles. The number of hydrogen-bond donors (Lipinski definition) is 1. The molecule has 0 fully saturated rings. The van der Waals surface area contributed by atoms with Gasteiger partial charge in [0.1, 0.15) is 5.82 Å². The number of rotatable bonds is 3. The first-order valence-electron chi connectivity index (χ1n) is 5.48. The van der Waals surface area contributed by atoms with Crippen LogP contribution in [-0.2, 0) is 6.42 Å². The summed E-state index contributed by atoms with van der Waals surface area (Å²) in [4.78, 5) is 14.9. The summed E-state index contributed by atoms with van der Waals surface area (Å²) >= 11 is 3.43. The second-order valence-corrected chi connectivity index (χ2v) is 4.71. The first-order chi connectivity index (χ1) is 8.52. The van der Waals surface area contributed by atoms with E-state index in [1.165, 1.54) is 0 Å². The van der Waals surface area contributed by atoms with Crippen molar-refractivity contribution in [2.75, 3.05) is 0 Å².